The molecule has 0 aliphatic heterocycles. The summed E-state index contributed by atoms with van der Waals surface area (Å²) in [6.07, 6.45) is 1.42. The van der Waals surface area contributed by atoms with Gasteiger partial charge in [-0.15, -0.1) is 0 Å². The van der Waals surface area contributed by atoms with Crippen molar-refractivity contribution >= 4 is 17.5 Å². The first-order valence-corrected chi connectivity index (χ1v) is 5.27. The van der Waals surface area contributed by atoms with E-state index >= 15 is 0 Å². The fraction of sp³-hybridized carbons (Fsp3) is 0.500. The minimum absolute atomic E-state index is 0.0193. The number of primary amides is 1. The Morgan fingerprint density at radius 3 is 2.41 bits per heavy atom. The maximum Gasteiger partial charge on any atom is 0.271 e. The number of rotatable bonds is 4. The largest absolute Gasteiger partial charge is 0.396 e. The van der Waals surface area contributed by atoms with Gasteiger partial charge in [-0.3, -0.25) is 14.3 Å². The molecular formula is C10H17N5O2. The van der Waals surface area contributed by atoms with Crippen LogP contribution in [0.25, 0.3) is 0 Å². The van der Waals surface area contributed by atoms with Gasteiger partial charge in [-0.2, -0.15) is 5.10 Å². The Bertz CT molecular complexity index is 438. The lowest BCUT2D eigenvalue weighted by molar-refractivity contribution is -0.124. The highest BCUT2D eigenvalue weighted by Crippen LogP contribution is 2.13. The highest BCUT2D eigenvalue weighted by molar-refractivity contribution is 5.95. The van der Waals surface area contributed by atoms with Crippen molar-refractivity contribution in [2.75, 3.05) is 5.73 Å². The third-order valence-electron chi connectivity index (χ3n) is 2.20. The van der Waals surface area contributed by atoms with Crippen molar-refractivity contribution in [2.45, 2.75) is 32.9 Å². The molecule has 0 aliphatic rings. The van der Waals surface area contributed by atoms with E-state index in [1.165, 1.54) is 10.9 Å². The first kappa shape index (κ1) is 13.0. The molecule has 1 heterocycles. The van der Waals surface area contributed by atoms with Gasteiger partial charge in [-0.05, 0) is 20.8 Å². The molecule has 1 rings (SSSR count). The van der Waals surface area contributed by atoms with Crippen LogP contribution in [0.4, 0.5) is 5.69 Å². The Morgan fingerprint density at radius 2 is 2.00 bits per heavy atom. The second kappa shape index (κ2) is 4.86. The van der Waals surface area contributed by atoms with Gasteiger partial charge in [0.25, 0.3) is 5.91 Å². The zero-order valence-corrected chi connectivity index (χ0v) is 10.1. The van der Waals surface area contributed by atoms with Crippen LogP contribution in [-0.2, 0) is 4.79 Å². The van der Waals surface area contributed by atoms with E-state index < -0.39 is 11.9 Å². The molecule has 7 nitrogen and oxygen atoms in total. The molecule has 1 aromatic rings. The standard InChI is InChI=1S/C10H17N5O2/c1-5(2)13-10(17)6(3)15-4-7(11)8(14-15)9(12)16/h4-6H,11H2,1-3H3,(H2,12,16)(H,13,17). The number of carbonyl (C=O) groups is 2. The topological polar surface area (TPSA) is 116 Å². The van der Waals surface area contributed by atoms with E-state index in [0.717, 1.165) is 0 Å². The predicted molar refractivity (Wildman–Crippen MR) is 63.1 cm³/mol. The van der Waals surface area contributed by atoms with Gasteiger partial charge in [0, 0.05) is 12.2 Å². The van der Waals surface area contributed by atoms with Crippen molar-refractivity contribution in [2.24, 2.45) is 5.73 Å². The summed E-state index contributed by atoms with van der Waals surface area (Å²) in [6, 6.07) is -0.513. The number of nitrogens with zero attached hydrogens (tertiary/aromatic N) is 2. The summed E-state index contributed by atoms with van der Waals surface area (Å²) in [6.45, 7) is 5.38. The molecule has 0 radical (unpaired) electrons. The molecule has 94 valence electrons. The van der Waals surface area contributed by atoms with Gasteiger partial charge in [0.15, 0.2) is 5.69 Å². The van der Waals surface area contributed by atoms with E-state index in [-0.39, 0.29) is 23.3 Å². The molecule has 0 spiro atoms. The second-order valence-electron chi connectivity index (χ2n) is 4.12. The molecule has 0 saturated carbocycles. The lowest BCUT2D eigenvalue weighted by Gasteiger charge is -2.14. The summed E-state index contributed by atoms with van der Waals surface area (Å²) < 4.78 is 1.33. The highest BCUT2D eigenvalue weighted by atomic mass is 16.2. The van der Waals surface area contributed by atoms with Gasteiger partial charge >= 0.3 is 0 Å². The smallest absolute Gasteiger partial charge is 0.271 e. The van der Waals surface area contributed by atoms with Gasteiger partial charge in [0.05, 0.1) is 5.69 Å². The number of nitrogens with one attached hydrogen (secondary N) is 1. The van der Waals surface area contributed by atoms with Crippen LogP contribution in [0.3, 0.4) is 0 Å². The third kappa shape index (κ3) is 2.96. The quantitative estimate of drug-likeness (QED) is 0.665. The lowest BCUT2D eigenvalue weighted by atomic mass is 10.3. The van der Waals surface area contributed by atoms with Crippen LogP contribution in [0.5, 0.6) is 0 Å². The molecule has 0 fully saturated rings. The predicted octanol–water partition coefficient (Wildman–Crippen LogP) is -0.350. The Kier molecular flexibility index (Phi) is 3.72. The summed E-state index contributed by atoms with van der Waals surface area (Å²) in [5, 5.41) is 6.64. The molecule has 0 bridgehead atoms. The van der Waals surface area contributed by atoms with Gasteiger partial charge in [-0.25, -0.2) is 0 Å². The van der Waals surface area contributed by atoms with Gasteiger partial charge in [0.1, 0.15) is 6.04 Å². The fourth-order valence-corrected chi connectivity index (χ4v) is 1.32. The Labute approximate surface area is 99.1 Å². The van der Waals surface area contributed by atoms with Crippen molar-refractivity contribution in [3.05, 3.63) is 11.9 Å². The van der Waals surface area contributed by atoms with Crippen LogP contribution < -0.4 is 16.8 Å². The van der Waals surface area contributed by atoms with Gasteiger partial charge < -0.3 is 16.8 Å². The van der Waals surface area contributed by atoms with Gasteiger partial charge in [0.2, 0.25) is 5.91 Å². The SMILES string of the molecule is CC(C)NC(=O)C(C)n1cc(N)c(C(N)=O)n1. The van der Waals surface area contributed by atoms with Crippen LogP contribution in [0.15, 0.2) is 6.20 Å². The number of nitrogen functional groups attached to an aromatic ring is 1. The molecule has 1 aromatic heterocycles. The highest BCUT2D eigenvalue weighted by Gasteiger charge is 2.19. The van der Waals surface area contributed by atoms with E-state index in [9.17, 15) is 9.59 Å². The number of carbonyl (C=O) groups excluding carboxylic acids is 2. The average Bonchev–Trinajstić information content (AvgIpc) is 2.58. The Hall–Kier alpha value is -2.05. The number of hydrogen-bond donors (Lipinski definition) is 3. The van der Waals surface area contributed by atoms with E-state index in [4.69, 9.17) is 11.5 Å². The van der Waals surface area contributed by atoms with Crippen molar-refractivity contribution in [1.82, 2.24) is 15.1 Å². The summed E-state index contributed by atoms with van der Waals surface area (Å²) >= 11 is 0. The Balaban J connectivity index is 2.89. The molecule has 17 heavy (non-hydrogen) atoms. The van der Waals surface area contributed by atoms with Crippen molar-refractivity contribution < 1.29 is 9.59 Å². The minimum atomic E-state index is -0.710. The van der Waals surface area contributed by atoms with Crippen LogP contribution in [-0.4, -0.2) is 27.6 Å². The molecule has 5 N–H and O–H groups in total. The molecule has 1 atom stereocenters. The minimum Gasteiger partial charge on any atom is -0.396 e. The zero-order chi connectivity index (χ0) is 13.2. The molecule has 7 heteroatoms. The molecular weight excluding hydrogens is 222 g/mol. The van der Waals surface area contributed by atoms with Crippen LogP contribution in [0, 0.1) is 0 Å². The van der Waals surface area contributed by atoms with Crippen molar-refractivity contribution in [3.8, 4) is 0 Å². The second-order valence-corrected chi connectivity index (χ2v) is 4.12. The normalized spacial score (nSPS) is 12.5. The van der Waals surface area contributed by atoms with Crippen LogP contribution in [0.2, 0.25) is 0 Å². The maximum atomic E-state index is 11.7. The summed E-state index contributed by atoms with van der Waals surface area (Å²) in [5.74, 6) is -0.906. The van der Waals surface area contributed by atoms with E-state index in [2.05, 4.69) is 10.4 Å². The monoisotopic (exact) mass is 239 g/mol. The number of aromatic nitrogens is 2. The van der Waals surface area contributed by atoms with Crippen molar-refractivity contribution in [1.29, 1.82) is 0 Å². The number of nitrogens with two attached hydrogens (primary N) is 2. The van der Waals surface area contributed by atoms with Crippen molar-refractivity contribution in [3.63, 3.8) is 0 Å². The zero-order valence-electron chi connectivity index (χ0n) is 10.1. The van der Waals surface area contributed by atoms with E-state index in [0.29, 0.717) is 0 Å². The third-order valence-corrected chi connectivity index (χ3v) is 2.20. The molecule has 1 unspecified atom stereocenters. The summed E-state index contributed by atoms with van der Waals surface area (Å²) in [5.41, 5.74) is 10.8. The summed E-state index contributed by atoms with van der Waals surface area (Å²) in [4.78, 5) is 22.7. The lowest BCUT2D eigenvalue weighted by Crippen LogP contribution is -2.36. The van der Waals surface area contributed by atoms with Gasteiger partial charge in [-0.1, -0.05) is 0 Å². The molecule has 0 aliphatic carbocycles. The maximum absolute atomic E-state index is 11.7. The number of amides is 2. The number of anilines is 1. The van der Waals surface area contributed by atoms with E-state index in [1.54, 1.807) is 6.92 Å². The van der Waals surface area contributed by atoms with Crippen LogP contribution >= 0.6 is 0 Å². The summed E-state index contributed by atoms with van der Waals surface area (Å²) in [7, 11) is 0. The Morgan fingerprint density at radius 1 is 1.41 bits per heavy atom. The molecule has 0 aromatic carbocycles. The molecule has 2 amide bonds. The first-order chi connectivity index (χ1) is 7.82. The number of hydrogen-bond acceptors (Lipinski definition) is 4. The molecule has 0 saturated heterocycles. The van der Waals surface area contributed by atoms with Crippen LogP contribution in [0.1, 0.15) is 37.3 Å². The first-order valence-electron chi connectivity index (χ1n) is 5.27. The van der Waals surface area contributed by atoms with E-state index in [1.807, 2.05) is 13.8 Å². The fourth-order valence-electron chi connectivity index (χ4n) is 1.32. The average molecular weight is 239 g/mol.